The molecule has 0 radical (unpaired) electrons. The summed E-state index contributed by atoms with van der Waals surface area (Å²) in [7, 11) is 2.77. The van der Waals surface area contributed by atoms with E-state index in [0.717, 1.165) is 11.3 Å². The number of methoxy groups -OCH3 is 2. The number of nitrogens with one attached hydrogen (secondary N) is 1. The number of rotatable bonds is 5. The Hall–Kier alpha value is -3.42. The lowest BCUT2D eigenvalue weighted by Gasteiger charge is -2.13. The summed E-state index contributed by atoms with van der Waals surface area (Å²) in [6, 6.07) is 9.21. The number of benzene rings is 2. The van der Waals surface area contributed by atoms with Crippen LogP contribution < -0.4 is 14.8 Å². The fraction of sp³-hybridized carbons (Fsp3) is 0.176. The van der Waals surface area contributed by atoms with E-state index in [1.54, 1.807) is 6.07 Å². The molecule has 3 aromatic rings. The molecule has 0 aliphatic heterocycles. The van der Waals surface area contributed by atoms with Crippen LogP contribution in [-0.2, 0) is 0 Å². The van der Waals surface area contributed by atoms with Gasteiger partial charge in [0.15, 0.2) is 5.75 Å². The number of nitro benzene ring substituents is 1. The van der Waals surface area contributed by atoms with E-state index in [1.807, 2.05) is 31.2 Å². The quantitative estimate of drug-likeness (QED) is 0.559. The molecule has 0 saturated heterocycles. The van der Waals surface area contributed by atoms with Crippen LogP contribution in [0.15, 0.2) is 36.7 Å². The van der Waals surface area contributed by atoms with Gasteiger partial charge in [-0.05, 0) is 24.6 Å². The van der Waals surface area contributed by atoms with E-state index in [2.05, 4.69) is 15.3 Å². The molecule has 0 spiro atoms. The molecule has 128 valence electrons. The summed E-state index contributed by atoms with van der Waals surface area (Å²) in [5.41, 5.74) is 1.96. The van der Waals surface area contributed by atoms with Crippen molar-refractivity contribution in [1.29, 1.82) is 0 Å². The van der Waals surface area contributed by atoms with Gasteiger partial charge in [0.25, 0.3) is 0 Å². The van der Waals surface area contributed by atoms with Crippen LogP contribution in [0.25, 0.3) is 10.9 Å². The molecule has 8 nitrogen and oxygen atoms in total. The van der Waals surface area contributed by atoms with Crippen molar-refractivity contribution in [1.82, 2.24) is 9.97 Å². The predicted octanol–water partition coefficient (Wildman–Crippen LogP) is 3.61. The van der Waals surface area contributed by atoms with Crippen molar-refractivity contribution in [2.45, 2.75) is 6.92 Å². The summed E-state index contributed by atoms with van der Waals surface area (Å²) in [5, 5.41) is 15.1. The number of hydrogen-bond donors (Lipinski definition) is 1. The minimum Gasteiger partial charge on any atom is -0.493 e. The molecular weight excluding hydrogens is 324 g/mol. The van der Waals surface area contributed by atoms with Crippen LogP contribution in [-0.4, -0.2) is 29.1 Å². The second-order valence-corrected chi connectivity index (χ2v) is 5.33. The third-order valence-electron chi connectivity index (χ3n) is 3.71. The summed E-state index contributed by atoms with van der Waals surface area (Å²) in [6.45, 7) is 1.96. The maximum atomic E-state index is 11.7. The van der Waals surface area contributed by atoms with Crippen LogP contribution in [0.1, 0.15) is 5.56 Å². The molecule has 25 heavy (non-hydrogen) atoms. The zero-order valence-corrected chi connectivity index (χ0v) is 13.9. The molecule has 3 rings (SSSR count). The third-order valence-corrected chi connectivity index (χ3v) is 3.71. The zero-order chi connectivity index (χ0) is 18.0. The second kappa shape index (κ2) is 6.60. The Morgan fingerprint density at radius 1 is 1.16 bits per heavy atom. The molecule has 0 unspecified atom stereocenters. The molecule has 0 aliphatic rings. The number of hydrogen-bond acceptors (Lipinski definition) is 7. The highest BCUT2D eigenvalue weighted by molar-refractivity contribution is 6.01. The van der Waals surface area contributed by atoms with Crippen molar-refractivity contribution in [3.8, 4) is 11.5 Å². The Bertz CT molecular complexity index is 959. The fourth-order valence-electron chi connectivity index (χ4n) is 2.64. The monoisotopic (exact) mass is 340 g/mol. The highest BCUT2D eigenvalue weighted by Gasteiger charge is 2.28. The van der Waals surface area contributed by atoms with E-state index in [4.69, 9.17) is 9.47 Å². The lowest BCUT2D eigenvalue weighted by Crippen LogP contribution is -2.03. The first-order valence-electron chi connectivity index (χ1n) is 7.43. The van der Waals surface area contributed by atoms with Crippen LogP contribution in [0.2, 0.25) is 0 Å². The summed E-state index contributed by atoms with van der Waals surface area (Å²) in [6.07, 6.45) is 1.34. The molecule has 0 fully saturated rings. The van der Waals surface area contributed by atoms with E-state index in [9.17, 15) is 10.1 Å². The van der Waals surface area contributed by atoms with Crippen molar-refractivity contribution in [2.75, 3.05) is 19.5 Å². The largest absolute Gasteiger partial charge is 0.493 e. The molecule has 0 saturated carbocycles. The molecule has 1 N–H and O–H groups in total. The van der Waals surface area contributed by atoms with Crippen molar-refractivity contribution in [3.63, 3.8) is 0 Å². The van der Waals surface area contributed by atoms with E-state index in [-0.39, 0.29) is 22.6 Å². The Balaban J connectivity index is 2.28. The molecule has 1 aromatic heterocycles. The average Bonchev–Trinajstić information content (AvgIpc) is 2.60. The van der Waals surface area contributed by atoms with Crippen molar-refractivity contribution >= 4 is 28.1 Å². The normalized spacial score (nSPS) is 10.5. The molecule has 2 aromatic carbocycles. The lowest BCUT2D eigenvalue weighted by molar-refractivity contribution is -0.384. The highest BCUT2D eigenvalue weighted by atomic mass is 16.6. The topological polar surface area (TPSA) is 99.4 Å². The van der Waals surface area contributed by atoms with Crippen molar-refractivity contribution in [3.05, 3.63) is 52.3 Å². The molecule has 0 aliphatic carbocycles. The Morgan fingerprint density at radius 3 is 2.60 bits per heavy atom. The van der Waals surface area contributed by atoms with Gasteiger partial charge in [0.05, 0.1) is 24.7 Å². The first-order valence-corrected chi connectivity index (χ1v) is 7.43. The standard InChI is InChI=1S/C17H16N4O4/c1-10-5-4-6-11(7-10)20-17-14-12(18-9-19-17)8-13(24-2)16(25-3)15(14)21(22)23/h4-9H,1-3H3,(H,18,19,20). The first kappa shape index (κ1) is 16.4. The molecule has 0 atom stereocenters. The van der Waals surface area contributed by atoms with Crippen LogP contribution >= 0.6 is 0 Å². The summed E-state index contributed by atoms with van der Waals surface area (Å²) < 4.78 is 10.4. The SMILES string of the molecule is COc1cc2ncnc(Nc3cccc(C)c3)c2c([N+](=O)[O-])c1OC. The molecule has 0 amide bonds. The second-order valence-electron chi connectivity index (χ2n) is 5.33. The Kier molecular flexibility index (Phi) is 4.34. The van der Waals surface area contributed by atoms with Gasteiger partial charge >= 0.3 is 5.69 Å². The smallest absolute Gasteiger partial charge is 0.327 e. The van der Waals surface area contributed by atoms with Gasteiger partial charge in [-0.15, -0.1) is 0 Å². The minimum absolute atomic E-state index is 0.0297. The zero-order valence-electron chi connectivity index (χ0n) is 13.9. The Labute approximate surface area is 143 Å². The van der Waals surface area contributed by atoms with Gasteiger partial charge in [0.1, 0.15) is 17.5 Å². The van der Waals surface area contributed by atoms with E-state index < -0.39 is 4.92 Å². The third kappa shape index (κ3) is 3.01. The fourth-order valence-corrected chi connectivity index (χ4v) is 2.64. The van der Waals surface area contributed by atoms with Crippen LogP contribution in [0, 0.1) is 17.0 Å². The highest BCUT2D eigenvalue weighted by Crippen LogP contribution is 2.44. The van der Waals surface area contributed by atoms with E-state index >= 15 is 0 Å². The van der Waals surface area contributed by atoms with Gasteiger partial charge in [-0.25, -0.2) is 9.97 Å². The summed E-state index contributed by atoms with van der Waals surface area (Å²) >= 11 is 0. The lowest BCUT2D eigenvalue weighted by atomic mass is 10.1. The van der Waals surface area contributed by atoms with Crippen molar-refractivity contribution < 1.29 is 14.4 Å². The van der Waals surface area contributed by atoms with E-state index in [1.165, 1.54) is 20.5 Å². The summed E-state index contributed by atoms with van der Waals surface area (Å²) in [5.74, 6) is 0.590. The minimum atomic E-state index is -0.519. The first-order chi connectivity index (χ1) is 12.0. The van der Waals surface area contributed by atoms with Crippen LogP contribution in [0.4, 0.5) is 17.2 Å². The number of aromatic nitrogens is 2. The van der Waals surface area contributed by atoms with Crippen LogP contribution in [0.5, 0.6) is 11.5 Å². The van der Waals surface area contributed by atoms with Crippen LogP contribution in [0.3, 0.4) is 0 Å². The molecule has 1 heterocycles. The van der Waals surface area contributed by atoms with E-state index in [0.29, 0.717) is 11.3 Å². The van der Waals surface area contributed by atoms with Gasteiger partial charge in [-0.2, -0.15) is 0 Å². The van der Waals surface area contributed by atoms with Gasteiger partial charge in [-0.3, -0.25) is 10.1 Å². The number of aryl methyl sites for hydroxylation is 1. The number of nitro groups is 1. The van der Waals surface area contributed by atoms with Gasteiger partial charge in [0.2, 0.25) is 5.75 Å². The summed E-state index contributed by atoms with van der Waals surface area (Å²) in [4.78, 5) is 19.5. The maximum absolute atomic E-state index is 11.7. The average molecular weight is 340 g/mol. The maximum Gasteiger partial charge on any atom is 0.327 e. The number of anilines is 2. The number of ether oxygens (including phenoxy) is 2. The number of fused-ring (bicyclic) bond motifs is 1. The molecule has 8 heteroatoms. The number of nitrogens with zero attached hydrogens (tertiary/aromatic N) is 3. The van der Waals surface area contributed by atoms with Crippen molar-refractivity contribution in [2.24, 2.45) is 0 Å². The van der Waals surface area contributed by atoms with Gasteiger partial charge < -0.3 is 14.8 Å². The molecular formula is C17H16N4O4. The van der Waals surface area contributed by atoms with Gasteiger partial charge in [-0.1, -0.05) is 12.1 Å². The van der Waals surface area contributed by atoms with Gasteiger partial charge in [0, 0.05) is 11.8 Å². The Morgan fingerprint density at radius 2 is 1.96 bits per heavy atom. The predicted molar refractivity (Wildman–Crippen MR) is 93.8 cm³/mol. The molecule has 0 bridgehead atoms.